The molecule has 4 nitrogen and oxygen atoms in total. The fourth-order valence-corrected chi connectivity index (χ4v) is 4.41. The Kier molecular flexibility index (Phi) is 8.36. The quantitative estimate of drug-likeness (QED) is 0.460. The van der Waals surface area contributed by atoms with Gasteiger partial charge in [0.1, 0.15) is 0 Å². The van der Waals surface area contributed by atoms with Gasteiger partial charge >= 0.3 is 0 Å². The van der Waals surface area contributed by atoms with E-state index >= 15 is 0 Å². The van der Waals surface area contributed by atoms with Gasteiger partial charge < -0.3 is 15.1 Å². The molecule has 0 heterocycles. The van der Waals surface area contributed by atoms with E-state index in [0.717, 1.165) is 51.4 Å². The third-order valence-corrected chi connectivity index (χ3v) is 6.00. The average molecular weight is 364 g/mol. The molecule has 0 aromatic carbocycles. The molecular weight excluding hydrogens is 326 g/mol. The highest BCUT2D eigenvalue weighted by Crippen LogP contribution is 2.48. The normalized spacial score (nSPS) is 29.0. The molecule has 4 heteroatoms. The first kappa shape index (κ1) is 21.2. The van der Waals surface area contributed by atoms with Gasteiger partial charge in [0.25, 0.3) is 0 Å². The summed E-state index contributed by atoms with van der Waals surface area (Å²) in [4.78, 5) is 13.3. The largest absolute Gasteiger partial charge is 0.392 e. The molecule has 0 aliphatic heterocycles. The van der Waals surface area contributed by atoms with Gasteiger partial charge in [-0.2, -0.15) is 0 Å². The van der Waals surface area contributed by atoms with Gasteiger partial charge in [0.2, 0.25) is 5.91 Å². The van der Waals surface area contributed by atoms with Crippen LogP contribution in [-0.4, -0.2) is 47.3 Å². The third kappa shape index (κ3) is 5.95. The molecule has 2 aliphatic carbocycles. The van der Waals surface area contributed by atoms with E-state index in [4.69, 9.17) is 0 Å². The number of aliphatic hydroxyl groups excluding tert-OH is 2. The molecule has 0 aromatic rings. The Labute approximate surface area is 159 Å². The number of nitrogens with zero attached hydrogens (tertiary/aromatic N) is 1. The monoisotopic (exact) mass is 363 g/mol. The van der Waals surface area contributed by atoms with E-state index < -0.39 is 0 Å². The van der Waals surface area contributed by atoms with Crippen LogP contribution in [0.15, 0.2) is 23.8 Å². The van der Waals surface area contributed by atoms with E-state index in [1.54, 1.807) is 19.0 Å². The average Bonchev–Trinajstić information content (AvgIpc) is 3.11. The first-order valence-corrected chi connectivity index (χ1v) is 10.4. The number of fused-ring (bicyclic) bond motifs is 1. The maximum Gasteiger partial charge on any atom is 0.222 e. The van der Waals surface area contributed by atoms with Crippen LogP contribution < -0.4 is 0 Å². The number of hydrogen-bond donors (Lipinski definition) is 2. The van der Waals surface area contributed by atoms with Crippen molar-refractivity contribution in [2.24, 2.45) is 17.8 Å². The standard InChI is InChI=1S/C22H37NO3/c1-4-5-9-18(24)11-12-19-20-14-16(13-17(20)15-21(19)25)8-6-7-10-22(26)23(2)3/h11-13,17-21,24-25H,4-10,14-15H2,1-3H3/b12-11+/t17-,18-,19+,20-,21+/m0/s1. The zero-order chi connectivity index (χ0) is 19.1. The lowest BCUT2D eigenvalue weighted by molar-refractivity contribution is -0.128. The fourth-order valence-electron chi connectivity index (χ4n) is 4.41. The van der Waals surface area contributed by atoms with Gasteiger partial charge in [0.05, 0.1) is 12.2 Å². The number of amides is 1. The Morgan fingerprint density at radius 3 is 2.81 bits per heavy atom. The van der Waals surface area contributed by atoms with Gasteiger partial charge in [-0.3, -0.25) is 4.79 Å². The lowest BCUT2D eigenvalue weighted by Crippen LogP contribution is -2.21. The van der Waals surface area contributed by atoms with Crippen molar-refractivity contribution >= 4 is 5.91 Å². The molecule has 0 spiro atoms. The molecule has 1 fully saturated rings. The molecule has 2 rings (SSSR count). The summed E-state index contributed by atoms with van der Waals surface area (Å²) in [6.07, 6.45) is 14.2. The van der Waals surface area contributed by atoms with Crippen molar-refractivity contribution in [1.29, 1.82) is 0 Å². The lowest BCUT2D eigenvalue weighted by atomic mass is 9.88. The summed E-state index contributed by atoms with van der Waals surface area (Å²) in [6.45, 7) is 2.13. The van der Waals surface area contributed by atoms with Crippen LogP contribution in [-0.2, 0) is 4.79 Å². The van der Waals surface area contributed by atoms with Crippen LogP contribution in [0.1, 0.15) is 64.7 Å². The highest BCUT2D eigenvalue weighted by molar-refractivity contribution is 5.75. The van der Waals surface area contributed by atoms with Crippen molar-refractivity contribution in [3.05, 3.63) is 23.8 Å². The Morgan fingerprint density at radius 1 is 1.35 bits per heavy atom. The SMILES string of the molecule is CCCC[C@H](O)/C=C/[C@@H]1[C@H]2CC(CCCCC(=O)N(C)C)=C[C@H]2C[C@H]1O. The molecule has 2 aliphatic rings. The highest BCUT2D eigenvalue weighted by Gasteiger charge is 2.43. The molecule has 0 saturated heterocycles. The van der Waals surface area contributed by atoms with Crippen molar-refractivity contribution in [3.8, 4) is 0 Å². The van der Waals surface area contributed by atoms with Crippen LogP contribution in [0.25, 0.3) is 0 Å². The molecule has 2 N–H and O–H groups in total. The van der Waals surface area contributed by atoms with Crippen molar-refractivity contribution in [2.75, 3.05) is 14.1 Å². The Bertz CT molecular complexity index is 512. The Hall–Kier alpha value is -1.13. The van der Waals surface area contributed by atoms with E-state index in [0.29, 0.717) is 18.3 Å². The minimum atomic E-state index is -0.385. The molecular formula is C22H37NO3. The Balaban J connectivity index is 1.77. The summed E-state index contributed by atoms with van der Waals surface area (Å²) in [5, 5.41) is 20.4. The van der Waals surface area contributed by atoms with Gasteiger partial charge in [-0.05, 0) is 50.4 Å². The van der Waals surface area contributed by atoms with Crippen LogP contribution in [0.2, 0.25) is 0 Å². The smallest absolute Gasteiger partial charge is 0.222 e. The molecule has 0 bridgehead atoms. The van der Waals surface area contributed by atoms with Crippen LogP contribution in [0.3, 0.4) is 0 Å². The summed E-state index contributed by atoms with van der Waals surface area (Å²) in [5.74, 6) is 1.33. The second-order valence-corrected chi connectivity index (χ2v) is 8.33. The lowest BCUT2D eigenvalue weighted by Gasteiger charge is -2.19. The molecule has 1 saturated carbocycles. The van der Waals surface area contributed by atoms with Crippen LogP contribution in [0.4, 0.5) is 0 Å². The van der Waals surface area contributed by atoms with Crippen LogP contribution in [0.5, 0.6) is 0 Å². The second kappa shape index (κ2) is 10.3. The van der Waals surface area contributed by atoms with Crippen LogP contribution >= 0.6 is 0 Å². The molecule has 26 heavy (non-hydrogen) atoms. The number of carbonyl (C=O) groups excluding carboxylic acids is 1. The molecule has 148 valence electrons. The summed E-state index contributed by atoms with van der Waals surface area (Å²) in [5.41, 5.74) is 1.49. The van der Waals surface area contributed by atoms with Crippen molar-refractivity contribution in [2.45, 2.75) is 76.9 Å². The van der Waals surface area contributed by atoms with Crippen LogP contribution in [0, 0.1) is 17.8 Å². The maximum absolute atomic E-state index is 11.6. The van der Waals surface area contributed by atoms with E-state index in [1.165, 1.54) is 5.57 Å². The predicted molar refractivity (Wildman–Crippen MR) is 106 cm³/mol. The van der Waals surface area contributed by atoms with Crippen molar-refractivity contribution < 1.29 is 15.0 Å². The Morgan fingerprint density at radius 2 is 2.12 bits per heavy atom. The minimum absolute atomic E-state index is 0.167. The zero-order valence-electron chi connectivity index (χ0n) is 16.7. The van der Waals surface area contributed by atoms with E-state index in [2.05, 4.69) is 19.1 Å². The highest BCUT2D eigenvalue weighted by atomic mass is 16.3. The van der Waals surface area contributed by atoms with Gasteiger partial charge in [-0.25, -0.2) is 0 Å². The summed E-state index contributed by atoms with van der Waals surface area (Å²) >= 11 is 0. The maximum atomic E-state index is 11.6. The number of aliphatic hydroxyl groups is 2. The first-order chi connectivity index (χ1) is 12.4. The van der Waals surface area contributed by atoms with E-state index in [9.17, 15) is 15.0 Å². The fraction of sp³-hybridized carbons (Fsp3) is 0.773. The van der Waals surface area contributed by atoms with E-state index in [-0.39, 0.29) is 24.0 Å². The summed E-state index contributed by atoms with van der Waals surface area (Å²) < 4.78 is 0. The first-order valence-electron chi connectivity index (χ1n) is 10.4. The summed E-state index contributed by atoms with van der Waals surface area (Å²) in [7, 11) is 3.61. The van der Waals surface area contributed by atoms with Gasteiger partial charge in [0.15, 0.2) is 0 Å². The van der Waals surface area contributed by atoms with Gasteiger partial charge in [0, 0.05) is 26.4 Å². The number of unbranched alkanes of at least 4 members (excludes halogenated alkanes) is 2. The van der Waals surface area contributed by atoms with Gasteiger partial charge in [-0.1, -0.05) is 43.6 Å². The van der Waals surface area contributed by atoms with E-state index in [1.807, 2.05) is 6.08 Å². The number of allylic oxidation sites excluding steroid dienone is 2. The molecule has 0 radical (unpaired) electrons. The van der Waals surface area contributed by atoms with Crippen molar-refractivity contribution in [3.63, 3.8) is 0 Å². The molecule has 5 atom stereocenters. The molecule has 0 unspecified atom stereocenters. The number of hydrogen-bond acceptors (Lipinski definition) is 3. The van der Waals surface area contributed by atoms with Crippen molar-refractivity contribution in [1.82, 2.24) is 4.90 Å². The summed E-state index contributed by atoms with van der Waals surface area (Å²) in [6, 6.07) is 0. The molecule has 0 aromatic heterocycles. The minimum Gasteiger partial charge on any atom is -0.392 e. The number of rotatable bonds is 10. The number of carbonyl (C=O) groups is 1. The second-order valence-electron chi connectivity index (χ2n) is 8.33. The topological polar surface area (TPSA) is 60.8 Å². The van der Waals surface area contributed by atoms with Gasteiger partial charge in [-0.15, -0.1) is 0 Å². The molecule has 1 amide bonds. The third-order valence-electron chi connectivity index (χ3n) is 6.00. The zero-order valence-corrected chi connectivity index (χ0v) is 16.7. The predicted octanol–water partition coefficient (Wildman–Crippen LogP) is 3.69.